The second-order valence-electron chi connectivity index (χ2n) is 5.80. The van der Waals surface area contributed by atoms with Gasteiger partial charge in [-0.2, -0.15) is 5.26 Å². The first-order chi connectivity index (χ1) is 13.1. The highest BCUT2D eigenvalue weighted by atomic mass is 19.1. The number of rotatable bonds is 7. The summed E-state index contributed by atoms with van der Waals surface area (Å²) in [4.78, 5) is 4.09. The van der Waals surface area contributed by atoms with Crippen molar-refractivity contribution in [2.24, 2.45) is 4.99 Å². The lowest BCUT2D eigenvalue weighted by atomic mass is 10.1. The summed E-state index contributed by atoms with van der Waals surface area (Å²) in [5, 5.41) is 14.9. The number of nitriles is 1. The molecule has 0 aromatic heterocycles. The van der Waals surface area contributed by atoms with Gasteiger partial charge in [0.05, 0.1) is 18.2 Å². The molecule has 142 valence electrons. The lowest BCUT2D eigenvalue weighted by molar-refractivity contribution is 0.191. The van der Waals surface area contributed by atoms with Crippen LogP contribution in [0, 0.1) is 23.0 Å². The van der Waals surface area contributed by atoms with Crippen molar-refractivity contribution in [3.63, 3.8) is 0 Å². The van der Waals surface area contributed by atoms with Gasteiger partial charge in [-0.3, -0.25) is 4.99 Å². The SMILES string of the molecule is CCC(CNC(=NC)NCc1ccc(C#N)cc1F)Oc1ccccc1F. The summed E-state index contributed by atoms with van der Waals surface area (Å²) in [6.07, 6.45) is 0.412. The Balaban J connectivity index is 1.89. The molecule has 5 nitrogen and oxygen atoms in total. The van der Waals surface area contributed by atoms with Crippen molar-refractivity contribution >= 4 is 5.96 Å². The standard InChI is InChI=1S/C20H22F2N4O/c1-3-16(27-19-7-5-4-6-17(19)21)13-26-20(24-2)25-12-15-9-8-14(11-23)10-18(15)22/h4-10,16H,3,12-13H2,1-2H3,(H2,24,25,26). The van der Waals surface area contributed by atoms with Gasteiger partial charge in [-0.15, -0.1) is 0 Å². The summed E-state index contributed by atoms with van der Waals surface area (Å²) in [7, 11) is 1.60. The van der Waals surface area contributed by atoms with Crippen LogP contribution in [-0.2, 0) is 6.54 Å². The molecule has 0 aliphatic rings. The number of guanidine groups is 1. The molecule has 2 N–H and O–H groups in total. The molecule has 0 spiro atoms. The Kier molecular flexibility index (Phi) is 7.56. The van der Waals surface area contributed by atoms with Gasteiger partial charge in [-0.05, 0) is 30.7 Å². The van der Waals surface area contributed by atoms with Crippen LogP contribution >= 0.6 is 0 Å². The van der Waals surface area contributed by atoms with Gasteiger partial charge in [0, 0.05) is 19.2 Å². The molecular formula is C20H22F2N4O. The van der Waals surface area contributed by atoms with Gasteiger partial charge in [0.2, 0.25) is 0 Å². The van der Waals surface area contributed by atoms with Gasteiger partial charge < -0.3 is 15.4 Å². The summed E-state index contributed by atoms with van der Waals surface area (Å²) < 4.78 is 33.3. The number of hydrogen-bond acceptors (Lipinski definition) is 3. The van der Waals surface area contributed by atoms with E-state index < -0.39 is 11.6 Å². The second-order valence-corrected chi connectivity index (χ2v) is 5.80. The van der Waals surface area contributed by atoms with E-state index in [-0.39, 0.29) is 24.0 Å². The number of nitrogens with one attached hydrogen (secondary N) is 2. The fourth-order valence-electron chi connectivity index (χ4n) is 2.36. The van der Waals surface area contributed by atoms with Crippen LogP contribution in [0.4, 0.5) is 8.78 Å². The molecule has 0 amide bonds. The summed E-state index contributed by atoms with van der Waals surface area (Å²) in [5.74, 6) is -0.191. The number of ether oxygens (including phenoxy) is 1. The summed E-state index contributed by atoms with van der Waals surface area (Å²) >= 11 is 0. The molecule has 1 atom stereocenters. The Morgan fingerprint density at radius 3 is 2.59 bits per heavy atom. The third kappa shape index (κ3) is 5.96. The van der Waals surface area contributed by atoms with Crippen molar-refractivity contribution < 1.29 is 13.5 Å². The fraction of sp³-hybridized carbons (Fsp3) is 0.300. The van der Waals surface area contributed by atoms with Crippen LogP contribution in [0.5, 0.6) is 5.75 Å². The van der Waals surface area contributed by atoms with E-state index >= 15 is 0 Å². The van der Waals surface area contributed by atoms with Gasteiger partial charge in [0.1, 0.15) is 11.9 Å². The van der Waals surface area contributed by atoms with Crippen molar-refractivity contribution in [1.29, 1.82) is 5.26 Å². The highest BCUT2D eigenvalue weighted by molar-refractivity contribution is 5.79. The first kappa shape index (κ1) is 20.2. The number of halogens is 2. The average molecular weight is 372 g/mol. The molecule has 0 bridgehead atoms. The number of benzene rings is 2. The predicted octanol–water partition coefficient (Wildman–Crippen LogP) is 3.36. The molecule has 0 radical (unpaired) electrons. The molecule has 0 aliphatic carbocycles. The van der Waals surface area contributed by atoms with E-state index in [1.54, 1.807) is 37.4 Å². The van der Waals surface area contributed by atoms with Gasteiger partial charge in [-0.1, -0.05) is 25.1 Å². The van der Waals surface area contributed by atoms with Crippen LogP contribution in [-0.4, -0.2) is 25.7 Å². The third-order valence-corrected chi connectivity index (χ3v) is 3.93. The van der Waals surface area contributed by atoms with Crippen LogP contribution in [0.15, 0.2) is 47.5 Å². The topological polar surface area (TPSA) is 69.4 Å². The van der Waals surface area contributed by atoms with Crippen LogP contribution in [0.3, 0.4) is 0 Å². The Labute approximate surface area is 157 Å². The molecule has 0 fully saturated rings. The molecule has 0 heterocycles. The molecule has 1 unspecified atom stereocenters. The van der Waals surface area contributed by atoms with E-state index in [1.165, 1.54) is 12.1 Å². The van der Waals surface area contributed by atoms with E-state index in [9.17, 15) is 8.78 Å². The molecule has 2 aromatic rings. The quantitative estimate of drug-likeness (QED) is 0.578. The van der Waals surface area contributed by atoms with Crippen molar-refractivity contribution in [1.82, 2.24) is 10.6 Å². The van der Waals surface area contributed by atoms with Crippen LogP contribution < -0.4 is 15.4 Å². The van der Waals surface area contributed by atoms with Crippen LogP contribution in [0.25, 0.3) is 0 Å². The average Bonchev–Trinajstić information content (AvgIpc) is 2.69. The Morgan fingerprint density at radius 2 is 1.96 bits per heavy atom. The van der Waals surface area contributed by atoms with Crippen LogP contribution in [0.2, 0.25) is 0 Å². The van der Waals surface area contributed by atoms with E-state index in [0.29, 0.717) is 24.5 Å². The largest absolute Gasteiger partial charge is 0.486 e. The molecular weight excluding hydrogens is 350 g/mol. The maximum atomic E-state index is 13.9. The predicted molar refractivity (Wildman–Crippen MR) is 100 cm³/mol. The minimum absolute atomic E-state index is 0.203. The maximum absolute atomic E-state index is 13.9. The zero-order chi connectivity index (χ0) is 19.6. The normalized spacial score (nSPS) is 12.2. The fourth-order valence-corrected chi connectivity index (χ4v) is 2.36. The lowest BCUT2D eigenvalue weighted by Crippen LogP contribution is -2.42. The first-order valence-corrected chi connectivity index (χ1v) is 8.61. The zero-order valence-corrected chi connectivity index (χ0v) is 15.3. The van der Waals surface area contributed by atoms with Gasteiger partial charge >= 0.3 is 0 Å². The van der Waals surface area contributed by atoms with Crippen molar-refractivity contribution in [3.05, 3.63) is 65.2 Å². The van der Waals surface area contributed by atoms with Crippen molar-refractivity contribution in [2.75, 3.05) is 13.6 Å². The smallest absolute Gasteiger partial charge is 0.191 e. The number of hydrogen-bond donors (Lipinski definition) is 2. The lowest BCUT2D eigenvalue weighted by Gasteiger charge is -2.20. The molecule has 2 rings (SSSR count). The molecule has 7 heteroatoms. The summed E-state index contributed by atoms with van der Waals surface area (Å²) in [6, 6.07) is 12.5. The molecule has 27 heavy (non-hydrogen) atoms. The number of aliphatic imine (C=N–C) groups is 1. The highest BCUT2D eigenvalue weighted by Crippen LogP contribution is 2.17. The minimum atomic E-state index is -0.452. The highest BCUT2D eigenvalue weighted by Gasteiger charge is 2.12. The van der Waals surface area contributed by atoms with E-state index in [0.717, 1.165) is 0 Å². The monoisotopic (exact) mass is 372 g/mol. The van der Waals surface area contributed by atoms with E-state index in [1.807, 2.05) is 13.0 Å². The van der Waals surface area contributed by atoms with Gasteiger partial charge in [-0.25, -0.2) is 8.78 Å². The molecule has 2 aromatic carbocycles. The maximum Gasteiger partial charge on any atom is 0.191 e. The van der Waals surface area contributed by atoms with Crippen LogP contribution in [0.1, 0.15) is 24.5 Å². The summed E-state index contributed by atoms with van der Waals surface area (Å²) in [5.41, 5.74) is 0.696. The summed E-state index contributed by atoms with van der Waals surface area (Å²) in [6.45, 7) is 2.55. The molecule has 0 aliphatic heterocycles. The Bertz CT molecular complexity index is 833. The Morgan fingerprint density at radius 1 is 1.19 bits per heavy atom. The second kappa shape index (κ2) is 10.1. The van der Waals surface area contributed by atoms with Gasteiger partial charge in [0.15, 0.2) is 17.5 Å². The first-order valence-electron chi connectivity index (χ1n) is 8.61. The minimum Gasteiger partial charge on any atom is -0.486 e. The van der Waals surface area contributed by atoms with E-state index in [4.69, 9.17) is 10.00 Å². The van der Waals surface area contributed by atoms with Gasteiger partial charge in [0.25, 0.3) is 0 Å². The van der Waals surface area contributed by atoms with E-state index in [2.05, 4.69) is 15.6 Å². The zero-order valence-electron chi connectivity index (χ0n) is 15.3. The van der Waals surface area contributed by atoms with Crippen molar-refractivity contribution in [3.8, 4) is 11.8 Å². The number of para-hydroxylation sites is 1. The third-order valence-electron chi connectivity index (χ3n) is 3.93. The molecule has 0 saturated carbocycles. The molecule has 0 saturated heterocycles. The number of nitrogens with zero attached hydrogens (tertiary/aromatic N) is 2. The van der Waals surface area contributed by atoms with Crippen molar-refractivity contribution in [2.45, 2.75) is 26.0 Å². The Hall–Kier alpha value is -3.14.